The van der Waals surface area contributed by atoms with Crippen LogP contribution in [0.2, 0.25) is 0 Å². The predicted molar refractivity (Wildman–Crippen MR) is 73.3 cm³/mol. The molecule has 1 heterocycles. The Morgan fingerprint density at radius 1 is 1.05 bits per heavy atom. The first kappa shape index (κ1) is 11.4. The van der Waals surface area contributed by atoms with Gasteiger partial charge in [0.2, 0.25) is 0 Å². The summed E-state index contributed by atoms with van der Waals surface area (Å²) in [7, 11) is 0. The molecule has 3 rings (SSSR count). The quantitative estimate of drug-likeness (QED) is 0.668. The van der Waals surface area contributed by atoms with E-state index in [4.69, 9.17) is 6.57 Å². The summed E-state index contributed by atoms with van der Waals surface area (Å²) in [4.78, 5) is 3.69. The highest BCUT2D eigenvalue weighted by atomic mass is 15.5. The average molecular weight is 248 g/mol. The zero-order valence-electron chi connectivity index (χ0n) is 10.3. The van der Waals surface area contributed by atoms with Gasteiger partial charge in [0, 0.05) is 0 Å². The van der Waals surface area contributed by atoms with Crippen molar-refractivity contribution in [2.45, 2.75) is 12.6 Å². The third kappa shape index (κ3) is 2.18. The molecule has 0 bridgehead atoms. The van der Waals surface area contributed by atoms with Gasteiger partial charge in [-0.05, 0) is 17.7 Å². The van der Waals surface area contributed by atoms with Crippen LogP contribution in [0.15, 0.2) is 54.6 Å². The number of para-hydroxylation sites is 1. The minimum atomic E-state index is -0.352. The van der Waals surface area contributed by atoms with Crippen molar-refractivity contribution in [3.05, 3.63) is 71.6 Å². The van der Waals surface area contributed by atoms with Crippen molar-refractivity contribution in [1.29, 1.82) is 0 Å². The van der Waals surface area contributed by atoms with Crippen LogP contribution in [0.25, 0.3) is 15.9 Å². The maximum atomic E-state index is 7.40. The molecule has 1 unspecified atom stereocenters. The first-order chi connectivity index (χ1) is 9.38. The molecule has 0 aliphatic rings. The molecule has 0 N–H and O–H groups in total. The predicted octanol–water partition coefficient (Wildman–Crippen LogP) is 3.09. The van der Waals surface area contributed by atoms with E-state index in [9.17, 15) is 0 Å². The van der Waals surface area contributed by atoms with Gasteiger partial charge in [-0.1, -0.05) is 47.7 Å². The van der Waals surface area contributed by atoms with Gasteiger partial charge < -0.3 is 0 Å². The minimum Gasteiger partial charge on any atom is -0.287 e. The molecule has 0 spiro atoms. The van der Waals surface area contributed by atoms with Gasteiger partial charge in [-0.15, -0.1) is 5.10 Å². The zero-order chi connectivity index (χ0) is 13.1. The fourth-order valence-electron chi connectivity index (χ4n) is 2.12. The van der Waals surface area contributed by atoms with E-state index in [-0.39, 0.29) is 6.17 Å². The van der Waals surface area contributed by atoms with Crippen molar-refractivity contribution in [2.75, 3.05) is 0 Å². The Balaban J connectivity index is 1.97. The van der Waals surface area contributed by atoms with Gasteiger partial charge in [-0.2, -0.15) is 4.68 Å². The Morgan fingerprint density at radius 2 is 1.79 bits per heavy atom. The van der Waals surface area contributed by atoms with Gasteiger partial charge in [-0.3, -0.25) is 4.85 Å². The highest BCUT2D eigenvalue weighted by Crippen LogP contribution is 2.20. The molecule has 4 nitrogen and oxygen atoms in total. The van der Waals surface area contributed by atoms with E-state index in [2.05, 4.69) is 15.2 Å². The summed E-state index contributed by atoms with van der Waals surface area (Å²) in [6.07, 6.45) is 0.285. The van der Waals surface area contributed by atoms with Crippen molar-refractivity contribution in [2.24, 2.45) is 0 Å². The number of hydrogen-bond acceptors (Lipinski definition) is 2. The van der Waals surface area contributed by atoms with E-state index in [1.165, 1.54) is 0 Å². The van der Waals surface area contributed by atoms with Crippen LogP contribution >= 0.6 is 0 Å². The normalized spacial score (nSPS) is 12.2. The molecule has 0 aliphatic carbocycles. The third-order valence-electron chi connectivity index (χ3n) is 3.07. The van der Waals surface area contributed by atoms with E-state index >= 15 is 0 Å². The lowest BCUT2D eigenvalue weighted by atomic mass is 10.1. The standard InChI is InChI=1S/C15H12N4/c1-16-15(11-12-7-3-2-4-8-12)19-14-10-6-5-9-13(14)17-18-19/h2-10,15H,11H2. The third-order valence-corrected chi connectivity index (χ3v) is 3.07. The van der Waals surface area contributed by atoms with Crippen LogP contribution in [0.4, 0.5) is 0 Å². The van der Waals surface area contributed by atoms with E-state index in [0.29, 0.717) is 6.42 Å². The first-order valence-electron chi connectivity index (χ1n) is 6.09. The highest BCUT2D eigenvalue weighted by Gasteiger charge is 2.19. The largest absolute Gasteiger partial charge is 0.322 e. The van der Waals surface area contributed by atoms with Crippen LogP contribution in [0.5, 0.6) is 0 Å². The lowest BCUT2D eigenvalue weighted by Gasteiger charge is -2.06. The van der Waals surface area contributed by atoms with Crippen LogP contribution in [0, 0.1) is 6.57 Å². The minimum absolute atomic E-state index is 0.352. The van der Waals surface area contributed by atoms with Crippen molar-refractivity contribution < 1.29 is 0 Å². The maximum absolute atomic E-state index is 7.40. The number of fused-ring (bicyclic) bond motifs is 1. The second-order valence-corrected chi connectivity index (χ2v) is 4.32. The van der Waals surface area contributed by atoms with E-state index in [0.717, 1.165) is 16.6 Å². The van der Waals surface area contributed by atoms with E-state index < -0.39 is 0 Å². The van der Waals surface area contributed by atoms with Crippen LogP contribution in [0.1, 0.15) is 11.7 Å². The molecule has 0 saturated heterocycles. The lowest BCUT2D eigenvalue weighted by Crippen LogP contribution is -2.09. The van der Waals surface area contributed by atoms with Crippen molar-refractivity contribution in [1.82, 2.24) is 15.0 Å². The smallest absolute Gasteiger partial charge is 0.287 e. The molecule has 0 saturated carbocycles. The monoisotopic (exact) mass is 248 g/mol. The SMILES string of the molecule is [C-]#[N+]C(Cc1ccccc1)n1nnc2ccccc21. The number of rotatable bonds is 3. The summed E-state index contributed by atoms with van der Waals surface area (Å²) in [5.41, 5.74) is 2.85. The number of aromatic nitrogens is 3. The second-order valence-electron chi connectivity index (χ2n) is 4.32. The van der Waals surface area contributed by atoms with Crippen molar-refractivity contribution in [3.8, 4) is 0 Å². The Morgan fingerprint density at radius 3 is 2.58 bits per heavy atom. The zero-order valence-corrected chi connectivity index (χ0v) is 10.3. The fourth-order valence-corrected chi connectivity index (χ4v) is 2.12. The van der Waals surface area contributed by atoms with Gasteiger partial charge >= 0.3 is 6.17 Å². The molecular weight excluding hydrogens is 236 g/mol. The molecule has 0 radical (unpaired) electrons. The topological polar surface area (TPSA) is 35.1 Å². The molecule has 2 aromatic carbocycles. The molecule has 92 valence electrons. The van der Waals surface area contributed by atoms with E-state index in [1.54, 1.807) is 4.68 Å². The van der Waals surface area contributed by atoms with Crippen LogP contribution in [0.3, 0.4) is 0 Å². The molecule has 0 fully saturated rings. The number of nitrogens with zero attached hydrogens (tertiary/aromatic N) is 4. The van der Waals surface area contributed by atoms with Crippen molar-refractivity contribution >= 4 is 11.0 Å². The summed E-state index contributed by atoms with van der Waals surface area (Å²) in [5.74, 6) is 0. The Hall–Kier alpha value is -2.67. The van der Waals surface area contributed by atoms with Crippen LogP contribution in [-0.4, -0.2) is 15.0 Å². The molecule has 1 atom stereocenters. The first-order valence-corrected chi connectivity index (χ1v) is 6.09. The summed E-state index contributed by atoms with van der Waals surface area (Å²) >= 11 is 0. The molecule has 1 aromatic heterocycles. The summed E-state index contributed by atoms with van der Waals surface area (Å²) in [6, 6.07) is 17.7. The Labute approximate surface area is 111 Å². The van der Waals surface area contributed by atoms with Gasteiger partial charge in [-0.25, -0.2) is 6.57 Å². The fraction of sp³-hybridized carbons (Fsp3) is 0.133. The maximum Gasteiger partial charge on any atom is 0.322 e. The highest BCUT2D eigenvalue weighted by molar-refractivity contribution is 5.74. The molecule has 3 aromatic rings. The van der Waals surface area contributed by atoms with Crippen molar-refractivity contribution in [3.63, 3.8) is 0 Å². The summed E-state index contributed by atoms with van der Waals surface area (Å²) in [5, 5.41) is 8.21. The van der Waals surface area contributed by atoms with Gasteiger partial charge in [0.25, 0.3) is 0 Å². The molecule has 19 heavy (non-hydrogen) atoms. The number of benzene rings is 2. The molecular formula is C15H12N4. The Kier molecular flexibility index (Phi) is 2.95. The average Bonchev–Trinajstić information content (AvgIpc) is 2.90. The Bertz CT molecular complexity index is 724. The molecule has 0 aliphatic heterocycles. The van der Waals surface area contributed by atoms with Gasteiger partial charge in [0.05, 0.1) is 11.9 Å². The molecule has 0 amide bonds. The van der Waals surface area contributed by atoms with E-state index in [1.807, 2.05) is 54.6 Å². The molecule has 4 heteroatoms. The van der Waals surface area contributed by atoms with Crippen LogP contribution < -0.4 is 0 Å². The lowest BCUT2D eigenvalue weighted by molar-refractivity contribution is 0.530. The summed E-state index contributed by atoms with van der Waals surface area (Å²) in [6.45, 7) is 7.40. The van der Waals surface area contributed by atoms with Gasteiger partial charge in [0.1, 0.15) is 5.52 Å². The second kappa shape index (κ2) is 4.91. The van der Waals surface area contributed by atoms with Gasteiger partial charge in [0.15, 0.2) is 0 Å². The number of hydrogen-bond donors (Lipinski definition) is 0. The summed E-state index contributed by atoms with van der Waals surface area (Å²) < 4.78 is 1.70. The van der Waals surface area contributed by atoms with Crippen LogP contribution in [-0.2, 0) is 6.42 Å².